The van der Waals surface area contributed by atoms with Crippen LogP contribution in [0.5, 0.6) is 0 Å². The Morgan fingerprint density at radius 2 is 1.96 bits per heavy atom. The van der Waals surface area contributed by atoms with E-state index in [2.05, 4.69) is 46.7 Å². The topological polar surface area (TPSA) is 77.1 Å². The molecule has 5 nitrogen and oxygen atoms in total. The molecular weight excluding hydrogens is 310 g/mol. The van der Waals surface area contributed by atoms with Crippen LogP contribution in [0, 0.1) is 6.92 Å². The number of hydrogen-bond donors (Lipinski definition) is 2. The molecule has 1 aliphatic carbocycles. The number of sulfonamides is 1. The molecule has 0 bridgehead atoms. The summed E-state index contributed by atoms with van der Waals surface area (Å²) in [7, 11) is -3.23. The fourth-order valence-corrected chi connectivity index (χ4v) is 4.82. The SMILES string of the molecule is Cc1cccc2ccn(C3CCC(NS(=O)(=O)CCN)CC3)c12. The minimum atomic E-state index is -3.23. The second-order valence-electron chi connectivity index (χ2n) is 6.47. The molecule has 0 unspecified atom stereocenters. The van der Waals surface area contributed by atoms with Gasteiger partial charge in [0.05, 0.1) is 11.3 Å². The molecule has 1 aromatic heterocycles. The molecule has 1 aliphatic rings. The third-order valence-electron chi connectivity index (χ3n) is 4.76. The van der Waals surface area contributed by atoms with E-state index in [0.717, 1.165) is 25.7 Å². The Hall–Kier alpha value is -1.37. The molecule has 0 aliphatic heterocycles. The van der Waals surface area contributed by atoms with E-state index in [4.69, 9.17) is 5.73 Å². The molecular formula is C17H25N3O2S. The van der Waals surface area contributed by atoms with Gasteiger partial charge in [-0.05, 0) is 49.6 Å². The van der Waals surface area contributed by atoms with Gasteiger partial charge in [-0.25, -0.2) is 13.1 Å². The summed E-state index contributed by atoms with van der Waals surface area (Å²) in [4.78, 5) is 0. The second-order valence-corrected chi connectivity index (χ2v) is 8.34. The number of rotatable bonds is 5. The number of aromatic nitrogens is 1. The molecule has 1 saturated carbocycles. The van der Waals surface area contributed by atoms with Crippen molar-refractivity contribution in [3.8, 4) is 0 Å². The average Bonchev–Trinajstić information content (AvgIpc) is 2.93. The molecule has 0 atom stereocenters. The second kappa shape index (κ2) is 6.63. The van der Waals surface area contributed by atoms with Crippen molar-refractivity contribution in [2.75, 3.05) is 12.3 Å². The summed E-state index contributed by atoms with van der Waals surface area (Å²) in [6, 6.07) is 9.04. The first-order chi connectivity index (χ1) is 11.0. The summed E-state index contributed by atoms with van der Waals surface area (Å²) >= 11 is 0. The third-order valence-corrected chi connectivity index (χ3v) is 6.23. The van der Waals surface area contributed by atoms with E-state index in [9.17, 15) is 8.42 Å². The van der Waals surface area contributed by atoms with E-state index in [1.54, 1.807) is 0 Å². The third kappa shape index (κ3) is 3.59. The molecule has 0 radical (unpaired) electrons. The summed E-state index contributed by atoms with van der Waals surface area (Å²) in [5.74, 6) is 0.00830. The van der Waals surface area contributed by atoms with Crippen molar-refractivity contribution in [3.63, 3.8) is 0 Å². The maximum absolute atomic E-state index is 11.8. The Morgan fingerprint density at radius 3 is 2.65 bits per heavy atom. The number of nitrogens with zero attached hydrogens (tertiary/aromatic N) is 1. The predicted molar refractivity (Wildman–Crippen MR) is 93.9 cm³/mol. The Morgan fingerprint density at radius 1 is 1.22 bits per heavy atom. The molecule has 2 aromatic rings. The van der Waals surface area contributed by atoms with Gasteiger partial charge < -0.3 is 10.3 Å². The van der Waals surface area contributed by atoms with Crippen LogP contribution in [-0.2, 0) is 10.0 Å². The first-order valence-corrected chi connectivity index (χ1v) is 9.91. The minimum Gasteiger partial charge on any atom is -0.344 e. The van der Waals surface area contributed by atoms with Crippen molar-refractivity contribution < 1.29 is 8.42 Å². The van der Waals surface area contributed by atoms with Gasteiger partial charge in [0.25, 0.3) is 0 Å². The number of nitrogens with one attached hydrogen (secondary N) is 1. The summed E-state index contributed by atoms with van der Waals surface area (Å²) in [5.41, 5.74) is 7.95. The Balaban J connectivity index is 1.69. The fourth-order valence-electron chi connectivity index (χ4n) is 3.65. The minimum absolute atomic E-state index is 0.00830. The van der Waals surface area contributed by atoms with Crippen molar-refractivity contribution in [1.82, 2.24) is 9.29 Å². The molecule has 0 saturated heterocycles. The normalized spacial score (nSPS) is 22.5. The van der Waals surface area contributed by atoms with Crippen LogP contribution >= 0.6 is 0 Å². The quantitative estimate of drug-likeness (QED) is 0.880. The van der Waals surface area contributed by atoms with E-state index in [1.165, 1.54) is 16.5 Å². The number of nitrogens with two attached hydrogens (primary N) is 1. The zero-order chi connectivity index (χ0) is 16.4. The van der Waals surface area contributed by atoms with E-state index in [0.29, 0.717) is 6.04 Å². The van der Waals surface area contributed by atoms with Gasteiger partial charge >= 0.3 is 0 Å². The molecule has 0 amide bonds. The summed E-state index contributed by atoms with van der Waals surface area (Å²) in [6.07, 6.45) is 5.91. The molecule has 23 heavy (non-hydrogen) atoms. The van der Waals surface area contributed by atoms with E-state index in [-0.39, 0.29) is 18.3 Å². The zero-order valence-corrected chi connectivity index (χ0v) is 14.3. The lowest BCUT2D eigenvalue weighted by Gasteiger charge is -2.30. The van der Waals surface area contributed by atoms with Crippen LogP contribution in [-0.4, -0.2) is 31.3 Å². The van der Waals surface area contributed by atoms with Gasteiger partial charge in [0, 0.05) is 24.8 Å². The van der Waals surface area contributed by atoms with Crippen LogP contribution in [0.3, 0.4) is 0 Å². The van der Waals surface area contributed by atoms with Crippen LogP contribution in [0.25, 0.3) is 10.9 Å². The maximum Gasteiger partial charge on any atom is 0.213 e. The number of aryl methyl sites for hydroxylation is 1. The highest BCUT2D eigenvalue weighted by Gasteiger charge is 2.26. The molecule has 0 spiro atoms. The van der Waals surface area contributed by atoms with Crippen LogP contribution < -0.4 is 10.5 Å². The van der Waals surface area contributed by atoms with E-state index in [1.807, 2.05) is 0 Å². The van der Waals surface area contributed by atoms with E-state index < -0.39 is 10.0 Å². The van der Waals surface area contributed by atoms with Gasteiger partial charge in [0.15, 0.2) is 0 Å². The van der Waals surface area contributed by atoms with E-state index >= 15 is 0 Å². The van der Waals surface area contributed by atoms with Crippen molar-refractivity contribution in [2.24, 2.45) is 5.73 Å². The number of fused-ring (bicyclic) bond motifs is 1. The maximum atomic E-state index is 11.8. The molecule has 1 aromatic carbocycles. The summed E-state index contributed by atoms with van der Waals surface area (Å²) in [6.45, 7) is 2.31. The average molecular weight is 335 g/mol. The first-order valence-electron chi connectivity index (χ1n) is 8.26. The zero-order valence-electron chi connectivity index (χ0n) is 13.5. The van der Waals surface area contributed by atoms with Crippen LogP contribution in [0.4, 0.5) is 0 Å². The van der Waals surface area contributed by atoms with Crippen LogP contribution in [0.1, 0.15) is 37.3 Å². The van der Waals surface area contributed by atoms with Gasteiger partial charge in [-0.2, -0.15) is 0 Å². The highest BCUT2D eigenvalue weighted by Crippen LogP contribution is 2.33. The van der Waals surface area contributed by atoms with Gasteiger partial charge in [-0.15, -0.1) is 0 Å². The smallest absolute Gasteiger partial charge is 0.213 e. The van der Waals surface area contributed by atoms with Crippen molar-refractivity contribution in [3.05, 3.63) is 36.0 Å². The van der Waals surface area contributed by atoms with Gasteiger partial charge in [-0.3, -0.25) is 0 Å². The first kappa shape index (κ1) is 16.5. The predicted octanol–water partition coefficient (Wildman–Crippen LogP) is 2.31. The monoisotopic (exact) mass is 335 g/mol. The molecule has 3 N–H and O–H groups in total. The van der Waals surface area contributed by atoms with Gasteiger partial charge in [0.2, 0.25) is 10.0 Å². The lowest BCUT2D eigenvalue weighted by molar-refractivity contribution is 0.316. The largest absolute Gasteiger partial charge is 0.344 e. The molecule has 6 heteroatoms. The van der Waals surface area contributed by atoms with Gasteiger partial charge in [0.1, 0.15) is 0 Å². The summed E-state index contributed by atoms with van der Waals surface area (Å²) in [5, 5.41) is 1.27. The lowest BCUT2D eigenvalue weighted by Crippen LogP contribution is -2.40. The fraction of sp³-hybridized carbons (Fsp3) is 0.529. The summed E-state index contributed by atoms with van der Waals surface area (Å²) < 4.78 is 28.8. The Labute approximate surface area is 137 Å². The molecule has 126 valence electrons. The lowest BCUT2D eigenvalue weighted by atomic mass is 9.91. The highest BCUT2D eigenvalue weighted by molar-refractivity contribution is 7.89. The van der Waals surface area contributed by atoms with Crippen LogP contribution in [0.2, 0.25) is 0 Å². The van der Waals surface area contributed by atoms with Gasteiger partial charge in [-0.1, -0.05) is 18.2 Å². The molecule has 3 rings (SSSR count). The standard InChI is InChI=1S/C17H25N3O2S/c1-13-3-2-4-14-9-11-20(17(13)14)16-7-5-15(6-8-16)19-23(21,22)12-10-18/h2-4,9,11,15-16,19H,5-8,10,12,18H2,1H3. The van der Waals surface area contributed by atoms with Crippen molar-refractivity contribution in [1.29, 1.82) is 0 Å². The van der Waals surface area contributed by atoms with Crippen molar-refractivity contribution in [2.45, 2.75) is 44.7 Å². The molecule has 1 heterocycles. The number of benzene rings is 1. The molecule has 1 fully saturated rings. The number of para-hydroxylation sites is 1. The Bertz CT molecular complexity index is 774. The Kier molecular flexibility index (Phi) is 4.75. The number of hydrogen-bond acceptors (Lipinski definition) is 3. The highest BCUT2D eigenvalue weighted by atomic mass is 32.2. The van der Waals surface area contributed by atoms with Crippen molar-refractivity contribution >= 4 is 20.9 Å². The van der Waals surface area contributed by atoms with Crippen LogP contribution in [0.15, 0.2) is 30.5 Å².